The van der Waals surface area contributed by atoms with Gasteiger partial charge >= 0.3 is 4.84 Å². The van der Waals surface area contributed by atoms with Crippen molar-refractivity contribution in [2.45, 2.75) is 26.7 Å². The van der Waals surface area contributed by atoms with E-state index >= 15 is 0 Å². The van der Waals surface area contributed by atoms with Crippen LogP contribution in [-0.4, -0.2) is 25.2 Å². The molecule has 0 aliphatic heterocycles. The normalized spacial score (nSPS) is 11.4. The summed E-state index contributed by atoms with van der Waals surface area (Å²) in [6.45, 7) is 6.17. The van der Waals surface area contributed by atoms with Crippen LogP contribution < -0.4 is 0 Å². The minimum absolute atomic E-state index is 0.166. The van der Waals surface area contributed by atoms with Gasteiger partial charge < -0.3 is 9.51 Å². The minimum Gasteiger partial charge on any atom is -0.348 e. The smallest absolute Gasteiger partial charge is 0.314 e. The molecule has 34 heavy (non-hydrogen) atoms. The van der Waals surface area contributed by atoms with E-state index < -0.39 is 0 Å². The number of rotatable bonds is 5. The summed E-state index contributed by atoms with van der Waals surface area (Å²) in [6.07, 6.45) is 0. The fourth-order valence-corrected chi connectivity index (χ4v) is 4.48. The molecule has 0 aliphatic carbocycles. The molecule has 0 fully saturated rings. The van der Waals surface area contributed by atoms with Gasteiger partial charge in [-0.15, -0.1) is 12.6 Å². The highest BCUT2D eigenvalue weighted by Gasteiger charge is 2.19. The molecule has 0 spiro atoms. The molecule has 170 valence electrons. The van der Waals surface area contributed by atoms with E-state index in [1.54, 1.807) is 0 Å². The van der Waals surface area contributed by atoms with Crippen molar-refractivity contribution in [2.75, 3.05) is 0 Å². The minimum atomic E-state index is -0.291. The second-order valence-electron chi connectivity index (χ2n) is 8.46. The highest BCUT2D eigenvalue weighted by molar-refractivity contribution is 7.97. The summed E-state index contributed by atoms with van der Waals surface area (Å²) in [5.74, 6) is 1.66. The van der Waals surface area contributed by atoms with Crippen molar-refractivity contribution >= 4 is 41.0 Å². The summed E-state index contributed by atoms with van der Waals surface area (Å²) in [4.78, 5) is 24.9. The van der Waals surface area contributed by atoms with Crippen LogP contribution in [0.1, 0.15) is 41.5 Å². The van der Waals surface area contributed by atoms with Crippen LogP contribution in [0.5, 0.6) is 0 Å². The Balaban J connectivity index is 1.61. The zero-order valence-corrected chi connectivity index (χ0v) is 20.6. The number of aromatic amines is 2. The van der Waals surface area contributed by atoms with Gasteiger partial charge in [-0.1, -0.05) is 62.4 Å². The molecule has 8 heteroatoms. The van der Waals surface area contributed by atoms with E-state index in [1.165, 1.54) is 0 Å². The summed E-state index contributed by atoms with van der Waals surface area (Å²) in [7, 11) is 0. The van der Waals surface area contributed by atoms with Crippen LogP contribution in [0.3, 0.4) is 0 Å². The third kappa shape index (κ3) is 3.89. The summed E-state index contributed by atoms with van der Waals surface area (Å²) in [5.41, 5.74) is 7.93. The van der Waals surface area contributed by atoms with Gasteiger partial charge in [0.05, 0.1) is 16.6 Å². The van der Waals surface area contributed by atoms with Crippen LogP contribution in [-0.2, 0) is 0 Å². The third-order valence-corrected chi connectivity index (χ3v) is 6.36. The number of aryl methyl sites for hydroxylation is 1. The number of fused-ring (bicyclic) bond motifs is 1. The maximum Gasteiger partial charge on any atom is 0.314 e. The SMILES string of the molecule is Cc1c(-c2ccc(-c3ccccc3-c3nc(=S)o[nH]3)cc2)cc(C(=O)S)c2[nH]c(C(C)C)nc12. The third-order valence-electron chi connectivity index (χ3n) is 5.94. The largest absolute Gasteiger partial charge is 0.348 e. The van der Waals surface area contributed by atoms with E-state index in [4.69, 9.17) is 21.7 Å². The first-order chi connectivity index (χ1) is 16.3. The van der Waals surface area contributed by atoms with Crippen molar-refractivity contribution in [3.05, 3.63) is 76.4 Å². The number of H-pyrrole nitrogens is 2. The van der Waals surface area contributed by atoms with Crippen molar-refractivity contribution in [1.82, 2.24) is 20.1 Å². The number of carbonyl (C=O) groups excluding carboxylic acids is 1. The summed E-state index contributed by atoms with van der Waals surface area (Å²) in [6, 6.07) is 18.0. The number of nitrogens with zero attached hydrogens (tertiary/aromatic N) is 2. The first kappa shape index (κ1) is 22.3. The van der Waals surface area contributed by atoms with Gasteiger partial charge in [-0.2, -0.15) is 4.98 Å². The number of nitrogens with one attached hydrogen (secondary N) is 2. The zero-order chi connectivity index (χ0) is 24.0. The molecule has 0 atom stereocenters. The summed E-state index contributed by atoms with van der Waals surface area (Å²) in [5, 5.41) is 2.49. The first-order valence-electron chi connectivity index (χ1n) is 10.9. The van der Waals surface area contributed by atoms with Gasteiger partial charge in [0, 0.05) is 11.5 Å². The van der Waals surface area contributed by atoms with Crippen molar-refractivity contribution in [3.8, 4) is 33.6 Å². The average molecular weight is 487 g/mol. The predicted molar refractivity (Wildman–Crippen MR) is 140 cm³/mol. The Morgan fingerprint density at radius 3 is 2.24 bits per heavy atom. The Kier molecular flexibility index (Phi) is 5.71. The van der Waals surface area contributed by atoms with Crippen molar-refractivity contribution < 1.29 is 9.32 Å². The van der Waals surface area contributed by atoms with E-state index in [9.17, 15) is 4.79 Å². The maximum atomic E-state index is 12.3. The van der Waals surface area contributed by atoms with E-state index in [-0.39, 0.29) is 15.9 Å². The van der Waals surface area contributed by atoms with Gasteiger partial charge in [0.15, 0.2) is 5.82 Å². The molecule has 0 saturated heterocycles. The Hall–Kier alpha value is -3.49. The van der Waals surface area contributed by atoms with E-state index in [2.05, 4.69) is 53.7 Å². The number of thiol groups is 1. The van der Waals surface area contributed by atoms with E-state index in [1.807, 2.05) is 49.4 Å². The second-order valence-corrected chi connectivity index (χ2v) is 9.21. The Bertz CT molecular complexity index is 1590. The Labute approximate surface area is 206 Å². The van der Waals surface area contributed by atoms with Crippen molar-refractivity contribution in [3.63, 3.8) is 0 Å². The lowest BCUT2D eigenvalue weighted by Gasteiger charge is -2.12. The lowest BCUT2D eigenvalue weighted by atomic mass is 9.93. The topological polar surface area (TPSA) is 87.6 Å². The number of imidazole rings is 1. The fraction of sp³-hybridized carbons (Fsp3) is 0.154. The quantitative estimate of drug-likeness (QED) is 0.182. The molecule has 2 N–H and O–H groups in total. The number of hydrogen-bond acceptors (Lipinski definition) is 5. The van der Waals surface area contributed by atoms with Crippen molar-refractivity contribution in [1.29, 1.82) is 0 Å². The van der Waals surface area contributed by atoms with Gasteiger partial charge in [0.2, 0.25) is 5.12 Å². The molecule has 5 rings (SSSR count). The van der Waals surface area contributed by atoms with Gasteiger partial charge in [0.1, 0.15) is 5.82 Å². The highest BCUT2D eigenvalue weighted by Crippen LogP contribution is 2.35. The molecule has 0 saturated carbocycles. The molecule has 0 amide bonds. The molecular weight excluding hydrogens is 464 g/mol. The molecule has 6 nitrogen and oxygen atoms in total. The van der Waals surface area contributed by atoms with Crippen molar-refractivity contribution in [2.24, 2.45) is 0 Å². The number of hydrogen-bond donors (Lipinski definition) is 3. The van der Waals surface area contributed by atoms with Gasteiger partial charge in [-0.25, -0.2) is 10.1 Å². The fourth-order valence-electron chi connectivity index (χ4n) is 4.17. The lowest BCUT2D eigenvalue weighted by Crippen LogP contribution is -1.96. The van der Waals surface area contributed by atoms with Gasteiger partial charge in [0.25, 0.3) is 0 Å². The standard InChI is InChI=1S/C26H22N4O2S2/c1-13(2)23-27-21-14(3)19(12-20(25(31)33)22(21)28-23)16-10-8-15(9-11-16)17-6-4-5-7-18(17)24-29-26(34)32-30-24/h4-13H,1-3H3,(H,27,28)(H,31,33)(H,29,30,34). The summed E-state index contributed by atoms with van der Waals surface area (Å²) < 4.78 is 5.12. The highest BCUT2D eigenvalue weighted by atomic mass is 32.1. The second kappa shape index (κ2) is 8.70. The molecule has 0 bridgehead atoms. The van der Waals surface area contributed by atoms with Crippen LogP contribution in [0, 0.1) is 11.8 Å². The van der Waals surface area contributed by atoms with Crippen LogP contribution in [0.2, 0.25) is 0 Å². The first-order valence-corrected chi connectivity index (χ1v) is 11.7. The molecule has 3 aromatic carbocycles. The molecule has 5 aromatic rings. The average Bonchev–Trinajstić information content (AvgIpc) is 3.47. The van der Waals surface area contributed by atoms with Crippen LogP contribution in [0.25, 0.3) is 44.7 Å². The molecule has 0 unspecified atom stereocenters. The monoisotopic (exact) mass is 486 g/mol. The molecule has 2 heterocycles. The van der Waals surface area contributed by atoms with Crippen LogP contribution in [0.4, 0.5) is 0 Å². The van der Waals surface area contributed by atoms with Crippen LogP contribution >= 0.6 is 24.8 Å². The number of aromatic nitrogens is 4. The van der Waals surface area contributed by atoms with Crippen LogP contribution in [0.15, 0.2) is 59.1 Å². The lowest BCUT2D eigenvalue weighted by molar-refractivity contribution is 0.109. The molecule has 0 radical (unpaired) electrons. The predicted octanol–water partition coefficient (Wildman–Crippen LogP) is 7.11. The van der Waals surface area contributed by atoms with Gasteiger partial charge in [-0.05, 0) is 53.0 Å². The Morgan fingerprint density at radius 2 is 1.65 bits per heavy atom. The Morgan fingerprint density at radius 1 is 1.00 bits per heavy atom. The van der Waals surface area contributed by atoms with E-state index in [0.717, 1.165) is 50.2 Å². The maximum absolute atomic E-state index is 12.3. The number of carbonyl (C=O) groups is 1. The van der Waals surface area contributed by atoms with E-state index in [0.29, 0.717) is 11.4 Å². The molecular formula is C26H22N4O2S2. The zero-order valence-electron chi connectivity index (χ0n) is 18.8. The number of benzene rings is 3. The van der Waals surface area contributed by atoms with Gasteiger partial charge in [-0.3, -0.25) is 4.79 Å². The molecule has 0 aliphatic rings. The summed E-state index contributed by atoms with van der Waals surface area (Å²) >= 11 is 9.13. The molecule has 2 aromatic heterocycles.